The van der Waals surface area contributed by atoms with E-state index in [0.29, 0.717) is 22.2 Å². The van der Waals surface area contributed by atoms with E-state index in [4.69, 9.17) is 18.6 Å². The zero-order valence-corrected chi connectivity index (χ0v) is 19.1. The van der Waals surface area contributed by atoms with E-state index in [1.165, 1.54) is 11.5 Å². The number of ether oxygens (including phenoxy) is 3. The van der Waals surface area contributed by atoms with Crippen LogP contribution in [0.1, 0.15) is 53.6 Å². The Kier molecular flexibility index (Phi) is 4.32. The molecule has 0 atom stereocenters. The van der Waals surface area contributed by atoms with Crippen molar-refractivity contribution in [3.63, 3.8) is 0 Å². The maximum absolute atomic E-state index is 12.5. The summed E-state index contributed by atoms with van der Waals surface area (Å²) in [5, 5.41) is 2.82. The average molecular weight is 487 g/mol. The standard InChI is InChI=1S/C25H17N3O6S/c29-20-19-21(25(20)10-11-25)34-23-22(33-19)26-16(32-23)9-8-15-18(17(28-35-15)14-6-7-14)27-24(30)31-12-13-4-2-1-3-5-13/h1-5,14H,6-7,10-12H2,(H,27,30). The predicted molar refractivity (Wildman–Crippen MR) is 122 cm³/mol. The van der Waals surface area contributed by atoms with Crippen molar-refractivity contribution in [2.75, 3.05) is 5.32 Å². The minimum absolute atomic E-state index is 0.0408. The van der Waals surface area contributed by atoms with E-state index in [1.807, 2.05) is 30.3 Å². The van der Waals surface area contributed by atoms with Gasteiger partial charge in [-0.2, -0.15) is 9.36 Å². The summed E-state index contributed by atoms with van der Waals surface area (Å²) in [7, 11) is 0. The van der Waals surface area contributed by atoms with Gasteiger partial charge in [0.05, 0.1) is 16.8 Å². The maximum Gasteiger partial charge on any atom is 0.412 e. The van der Waals surface area contributed by atoms with Gasteiger partial charge in [-0.15, -0.1) is 0 Å². The van der Waals surface area contributed by atoms with Crippen LogP contribution in [-0.4, -0.2) is 21.2 Å². The summed E-state index contributed by atoms with van der Waals surface area (Å²) in [5.41, 5.74) is 1.75. The van der Waals surface area contributed by atoms with Crippen LogP contribution < -0.4 is 14.8 Å². The largest absolute Gasteiger partial charge is 0.444 e. The number of anilines is 1. The molecule has 9 nitrogen and oxygen atoms in total. The van der Waals surface area contributed by atoms with E-state index >= 15 is 0 Å². The molecule has 2 fully saturated rings. The number of allylic oxidation sites excluding steroid dienone is 2. The van der Waals surface area contributed by atoms with Crippen LogP contribution in [0.5, 0.6) is 11.8 Å². The smallest absolute Gasteiger partial charge is 0.412 e. The Balaban J connectivity index is 1.09. The van der Waals surface area contributed by atoms with Gasteiger partial charge >= 0.3 is 17.9 Å². The summed E-state index contributed by atoms with van der Waals surface area (Å²) in [4.78, 5) is 29.5. The van der Waals surface area contributed by atoms with Gasteiger partial charge in [0.25, 0.3) is 5.89 Å². The minimum atomic E-state index is -0.574. The number of nitrogens with zero attached hydrogens (tertiary/aromatic N) is 2. The molecule has 0 bridgehead atoms. The van der Waals surface area contributed by atoms with Crippen molar-refractivity contribution in [1.82, 2.24) is 9.36 Å². The van der Waals surface area contributed by atoms with Crippen LogP contribution in [0.25, 0.3) is 0 Å². The summed E-state index contributed by atoms with van der Waals surface area (Å²) in [5.74, 6) is 7.09. The van der Waals surface area contributed by atoms with Gasteiger partial charge in [-0.1, -0.05) is 30.3 Å². The molecule has 174 valence electrons. The highest BCUT2D eigenvalue weighted by atomic mass is 32.1. The zero-order chi connectivity index (χ0) is 23.6. The van der Waals surface area contributed by atoms with Crippen molar-refractivity contribution in [3.05, 3.63) is 63.9 Å². The lowest BCUT2D eigenvalue weighted by Gasteiger charge is -2.31. The summed E-state index contributed by atoms with van der Waals surface area (Å²) in [6, 6.07) is 9.45. The number of aromatic nitrogens is 2. The summed E-state index contributed by atoms with van der Waals surface area (Å²) >= 11 is 1.20. The monoisotopic (exact) mass is 487 g/mol. The lowest BCUT2D eigenvalue weighted by molar-refractivity contribution is -0.127. The van der Waals surface area contributed by atoms with Crippen molar-refractivity contribution in [2.45, 2.75) is 38.2 Å². The van der Waals surface area contributed by atoms with Gasteiger partial charge in [0, 0.05) is 5.92 Å². The number of carbonyl (C=O) groups is 2. The van der Waals surface area contributed by atoms with Gasteiger partial charge in [0.15, 0.2) is 5.76 Å². The number of benzene rings is 1. The number of fused-ring (bicyclic) bond motifs is 2. The molecular formula is C25H17N3O6S. The normalized spacial score (nSPS) is 18.3. The fraction of sp³-hybridized carbons (Fsp3) is 0.280. The molecular weight excluding hydrogens is 470 g/mol. The Hall–Kier alpha value is -4.10. The van der Waals surface area contributed by atoms with Crippen LogP contribution in [0.4, 0.5) is 10.5 Å². The van der Waals surface area contributed by atoms with Crippen molar-refractivity contribution in [1.29, 1.82) is 0 Å². The quantitative estimate of drug-likeness (QED) is 0.535. The molecule has 1 amide bonds. The number of hydrogen-bond donors (Lipinski definition) is 1. The van der Waals surface area contributed by atoms with Gasteiger partial charge in [0.2, 0.25) is 11.5 Å². The molecule has 1 N–H and O–H groups in total. The van der Waals surface area contributed by atoms with Crippen molar-refractivity contribution < 1.29 is 28.2 Å². The Labute approximate surface area is 203 Å². The van der Waals surface area contributed by atoms with Gasteiger partial charge in [-0.3, -0.25) is 10.1 Å². The van der Waals surface area contributed by atoms with Gasteiger partial charge < -0.3 is 18.6 Å². The first kappa shape index (κ1) is 20.3. The van der Waals surface area contributed by atoms with E-state index < -0.39 is 11.5 Å². The predicted octanol–water partition coefficient (Wildman–Crippen LogP) is 4.50. The summed E-state index contributed by atoms with van der Waals surface area (Å²) < 4.78 is 26.8. The number of hydrogen-bond acceptors (Lipinski definition) is 9. The molecule has 3 heterocycles. The first-order valence-electron chi connectivity index (χ1n) is 11.3. The number of amides is 1. The van der Waals surface area contributed by atoms with Crippen molar-refractivity contribution in [3.8, 4) is 23.7 Å². The van der Waals surface area contributed by atoms with E-state index in [-0.39, 0.29) is 35.9 Å². The topological polar surface area (TPSA) is 113 Å². The number of ketones is 1. The molecule has 4 aliphatic rings. The zero-order valence-electron chi connectivity index (χ0n) is 18.3. The van der Waals surface area contributed by atoms with Crippen LogP contribution >= 0.6 is 11.5 Å². The summed E-state index contributed by atoms with van der Waals surface area (Å²) in [6.45, 7) is 0.160. The summed E-state index contributed by atoms with van der Waals surface area (Å²) in [6.07, 6.45) is 2.99. The average Bonchev–Trinajstić information content (AvgIpc) is 3.81. The molecule has 2 saturated carbocycles. The minimum Gasteiger partial charge on any atom is -0.444 e. The van der Waals surface area contributed by atoms with E-state index in [9.17, 15) is 9.59 Å². The second-order valence-corrected chi connectivity index (χ2v) is 9.64. The van der Waals surface area contributed by atoms with Crippen molar-refractivity contribution >= 4 is 29.1 Å². The molecule has 2 aromatic heterocycles. The molecule has 3 aromatic rings. The molecule has 10 heteroatoms. The highest BCUT2D eigenvalue weighted by Gasteiger charge is 2.67. The molecule has 0 saturated heterocycles. The molecule has 3 aliphatic carbocycles. The molecule has 0 radical (unpaired) electrons. The maximum atomic E-state index is 12.5. The van der Waals surface area contributed by atoms with Crippen molar-refractivity contribution in [2.24, 2.45) is 5.41 Å². The first-order valence-corrected chi connectivity index (χ1v) is 12.0. The molecule has 35 heavy (non-hydrogen) atoms. The SMILES string of the molecule is O=C(Nc1c(C2CC2)nsc1C#Cc1nc2c(o1)OC1=C(O2)C(=O)C12CC2)OCc1ccccc1. The Bertz CT molecular complexity index is 1480. The number of Topliss-reactive ketones (excluding diaryl/α,β-unsaturated/α-hetero) is 1. The molecule has 1 spiro atoms. The number of rotatable bonds is 4. The Morgan fingerprint density at radius 1 is 1.20 bits per heavy atom. The Morgan fingerprint density at radius 2 is 2.03 bits per heavy atom. The van der Waals surface area contributed by atoms with Crippen LogP contribution in [0, 0.1) is 17.3 Å². The Morgan fingerprint density at radius 3 is 2.80 bits per heavy atom. The number of nitrogens with one attached hydrogen (secondary N) is 1. The highest BCUT2D eigenvalue weighted by Crippen LogP contribution is 2.63. The second-order valence-electron chi connectivity index (χ2n) is 8.87. The highest BCUT2D eigenvalue weighted by molar-refractivity contribution is 7.07. The van der Waals surface area contributed by atoms with E-state index in [2.05, 4.69) is 26.5 Å². The van der Waals surface area contributed by atoms with Crippen LogP contribution in [-0.2, 0) is 16.1 Å². The lowest BCUT2D eigenvalue weighted by Crippen LogP contribution is -2.40. The fourth-order valence-corrected chi connectivity index (χ4v) is 4.95. The fourth-order valence-electron chi connectivity index (χ4n) is 4.17. The van der Waals surface area contributed by atoms with Gasteiger partial charge in [0.1, 0.15) is 11.5 Å². The second kappa shape index (κ2) is 7.45. The van der Waals surface area contributed by atoms with E-state index in [1.54, 1.807) is 0 Å². The molecule has 7 rings (SSSR count). The van der Waals surface area contributed by atoms with Gasteiger partial charge in [-0.25, -0.2) is 4.79 Å². The lowest BCUT2D eigenvalue weighted by atomic mass is 9.84. The van der Waals surface area contributed by atoms with Crippen LogP contribution in [0.15, 0.2) is 46.3 Å². The van der Waals surface area contributed by atoms with E-state index in [0.717, 1.165) is 36.9 Å². The third-order valence-corrected chi connectivity index (χ3v) is 7.17. The van der Waals surface area contributed by atoms with Gasteiger partial charge in [-0.05, 0) is 54.6 Å². The third-order valence-electron chi connectivity index (χ3n) is 6.40. The molecule has 1 aromatic carbocycles. The first-order chi connectivity index (χ1) is 17.1. The number of carbonyl (C=O) groups excluding carboxylic acids is 2. The molecule has 0 unspecified atom stereocenters. The molecule has 1 aliphatic heterocycles. The van der Waals surface area contributed by atoms with Crippen LogP contribution in [0.2, 0.25) is 0 Å². The number of oxazole rings is 1. The third kappa shape index (κ3) is 3.39. The van der Waals surface area contributed by atoms with Crippen LogP contribution in [0.3, 0.4) is 0 Å².